The summed E-state index contributed by atoms with van der Waals surface area (Å²) in [4.78, 5) is 13.7. The van der Waals surface area contributed by atoms with Crippen LogP contribution in [-0.4, -0.2) is 23.9 Å². The lowest BCUT2D eigenvalue weighted by atomic mass is 9.91. The molecule has 0 aromatic heterocycles. The molecule has 1 aromatic rings. The van der Waals surface area contributed by atoms with Crippen molar-refractivity contribution in [1.82, 2.24) is 4.90 Å². The van der Waals surface area contributed by atoms with Crippen LogP contribution in [0.1, 0.15) is 29.6 Å². The summed E-state index contributed by atoms with van der Waals surface area (Å²) in [6, 6.07) is 5.08. The lowest BCUT2D eigenvalue weighted by Crippen LogP contribution is -2.41. The molecule has 2 rings (SSSR count). The number of halogens is 2. The zero-order valence-electron chi connectivity index (χ0n) is 9.04. The van der Waals surface area contributed by atoms with Gasteiger partial charge in [0.05, 0.1) is 10.0 Å². The van der Waals surface area contributed by atoms with Gasteiger partial charge in [-0.1, -0.05) is 6.07 Å². The molecule has 0 spiro atoms. The molecule has 0 heterocycles. The minimum Gasteiger partial charge on any atom is -0.339 e. The summed E-state index contributed by atoms with van der Waals surface area (Å²) in [6.45, 7) is 0. The SMILES string of the molecule is CN(C(=O)c1cccc(Br)c1F)C1CCC1. The predicted molar refractivity (Wildman–Crippen MR) is 63.8 cm³/mol. The maximum Gasteiger partial charge on any atom is 0.256 e. The monoisotopic (exact) mass is 285 g/mol. The summed E-state index contributed by atoms with van der Waals surface area (Å²) in [7, 11) is 1.74. The van der Waals surface area contributed by atoms with E-state index < -0.39 is 5.82 Å². The first-order chi connectivity index (χ1) is 7.61. The molecule has 86 valence electrons. The van der Waals surface area contributed by atoms with Gasteiger partial charge in [-0.15, -0.1) is 0 Å². The normalized spacial score (nSPS) is 15.7. The summed E-state index contributed by atoms with van der Waals surface area (Å²) in [5, 5.41) is 0. The highest BCUT2D eigenvalue weighted by Crippen LogP contribution is 2.26. The van der Waals surface area contributed by atoms with E-state index in [1.165, 1.54) is 6.07 Å². The van der Waals surface area contributed by atoms with Gasteiger partial charge in [-0.3, -0.25) is 4.79 Å². The zero-order chi connectivity index (χ0) is 11.7. The van der Waals surface area contributed by atoms with E-state index in [1.807, 2.05) is 0 Å². The molecule has 1 aromatic carbocycles. The second kappa shape index (κ2) is 4.53. The van der Waals surface area contributed by atoms with Crippen molar-refractivity contribution in [3.05, 3.63) is 34.1 Å². The standard InChI is InChI=1S/C12H13BrFNO/c1-15(8-4-2-5-8)12(16)9-6-3-7-10(13)11(9)14/h3,6-8H,2,4-5H2,1H3. The van der Waals surface area contributed by atoms with Crippen LogP contribution in [0.2, 0.25) is 0 Å². The fourth-order valence-corrected chi connectivity index (χ4v) is 2.16. The van der Waals surface area contributed by atoms with Crippen LogP contribution in [0.4, 0.5) is 4.39 Å². The van der Waals surface area contributed by atoms with Gasteiger partial charge < -0.3 is 4.90 Å². The Morgan fingerprint density at radius 1 is 1.50 bits per heavy atom. The van der Waals surface area contributed by atoms with Crippen LogP contribution in [0.5, 0.6) is 0 Å². The summed E-state index contributed by atoms with van der Waals surface area (Å²) in [5.41, 5.74) is 0.142. The van der Waals surface area contributed by atoms with Crippen molar-refractivity contribution < 1.29 is 9.18 Å². The Morgan fingerprint density at radius 3 is 2.75 bits per heavy atom. The second-order valence-corrected chi connectivity index (χ2v) is 4.96. The van der Waals surface area contributed by atoms with Gasteiger partial charge in [0, 0.05) is 13.1 Å². The minimum absolute atomic E-state index is 0.142. The highest BCUT2D eigenvalue weighted by atomic mass is 79.9. The molecule has 0 atom stereocenters. The molecule has 0 saturated heterocycles. The zero-order valence-corrected chi connectivity index (χ0v) is 10.6. The summed E-state index contributed by atoms with van der Waals surface area (Å²) < 4.78 is 14.0. The van der Waals surface area contributed by atoms with Crippen molar-refractivity contribution in [3.63, 3.8) is 0 Å². The Morgan fingerprint density at radius 2 is 2.19 bits per heavy atom. The van der Waals surface area contributed by atoms with Crippen molar-refractivity contribution in [2.75, 3.05) is 7.05 Å². The average molecular weight is 286 g/mol. The summed E-state index contributed by atoms with van der Waals surface area (Å²) in [6.07, 6.45) is 3.21. The van der Waals surface area contributed by atoms with Crippen molar-refractivity contribution >= 4 is 21.8 Å². The van der Waals surface area contributed by atoms with Gasteiger partial charge >= 0.3 is 0 Å². The Bertz CT molecular complexity index is 417. The number of nitrogens with zero attached hydrogens (tertiary/aromatic N) is 1. The number of rotatable bonds is 2. The van der Waals surface area contributed by atoms with Gasteiger partial charge in [0.2, 0.25) is 0 Å². The van der Waals surface area contributed by atoms with Crippen LogP contribution in [0.3, 0.4) is 0 Å². The number of benzene rings is 1. The maximum absolute atomic E-state index is 13.7. The van der Waals surface area contributed by atoms with E-state index in [1.54, 1.807) is 24.1 Å². The lowest BCUT2D eigenvalue weighted by Gasteiger charge is -2.34. The lowest BCUT2D eigenvalue weighted by molar-refractivity contribution is 0.0647. The van der Waals surface area contributed by atoms with Crippen LogP contribution >= 0.6 is 15.9 Å². The van der Waals surface area contributed by atoms with Crippen molar-refractivity contribution in [3.8, 4) is 0 Å². The molecule has 4 heteroatoms. The Labute approximate surface area is 103 Å². The van der Waals surface area contributed by atoms with Crippen molar-refractivity contribution in [2.24, 2.45) is 0 Å². The van der Waals surface area contributed by atoms with E-state index in [-0.39, 0.29) is 17.5 Å². The molecule has 0 bridgehead atoms. The van der Waals surface area contributed by atoms with Gasteiger partial charge in [-0.05, 0) is 47.3 Å². The molecule has 0 N–H and O–H groups in total. The van der Waals surface area contributed by atoms with Crippen LogP contribution in [-0.2, 0) is 0 Å². The molecule has 1 saturated carbocycles. The molecular formula is C12H13BrFNO. The van der Waals surface area contributed by atoms with Crippen LogP contribution < -0.4 is 0 Å². The van der Waals surface area contributed by atoms with Crippen molar-refractivity contribution in [2.45, 2.75) is 25.3 Å². The topological polar surface area (TPSA) is 20.3 Å². The van der Waals surface area contributed by atoms with Gasteiger partial charge in [-0.2, -0.15) is 0 Å². The van der Waals surface area contributed by atoms with Crippen molar-refractivity contribution in [1.29, 1.82) is 0 Å². The van der Waals surface area contributed by atoms with Crippen LogP contribution in [0.25, 0.3) is 0 Å². The molecule has 1 fully saturated rings. The summed E-state index contributed by atoms with van der Waals surface area (Å²) in [5.74, 6) is -0.706. The molecule has 1 aliphatic carbocycles. The first kappa shape index (κ1) is 11.6. The molecule has 2 nitrogen and oxygen atoms in total. The minimum atomic E-state index is -0.473. The third-order valence-electron chi connectivity index (χ3n) is 3.12. The third-order valence-corrected chi connectivity index (χ3v) is 3.74. The van der Waals surface area contributed by atoms with Gasteiger partial charge in [0.1, 0.15) is 5.82 Å². The van der Waals surface area contributed by atoms with Gasteiger partial charge in [0.15, 0.2) is 0 Å². The fraction of sp³-hybridized carbons (Fsp3) is 0.417. The largest absolute Gasteiger partial charge is 0.339 e. The number of carbonyl (C=O) groups excluding carboxylic acids is 1. The average Bonchev–Trinajstić information content (AvgIpc) is 2.18. The molecule has 0 unspecified atom stereocenters. The van der Waals surface area contributed by atoms with Gasteiger partial charge in [0.25, 0.3) is 5.91 Å². The maximum atomic E-state index is 13.7. The van der Waals surface area contributed by atoms with E-state index in [0.717, 1.165) is 19.3 Å². The van der Waals surface area contributed by atoms with Crippen LogP contribution in [0.15, 0.2) is 22.7 Å². The van der Waals surface area contributed by atoms with E-state index >= 15 is 0 Å². The third kappa shape index (κ3) is 1.98. The molecular weight excluding hydrogens is 273 g/mol. The molecule has 1 amide bonds. The van der Waals surface area contributed by atoms with Gasteiger partial charge in [-0.25, -0.2) is 4.39 Å². The number of hydrogen-bond donors (Lipinski definition) is 0. The number of hydrogen-bond acceptors (Lipinski definition) is 1. The highest BCUT2D eigenvalue weighted by Gasteiger charge is 2.27. The Kier molecular flexibility index (Phi) is 3.28. The Hall–Kier alpha value is -0.900. The number of carbonyl (C=O) groups is 1. The van der Waals surface area contributed by atoms with E-state index in [9.17, 15) is 9.18 Å². The second-order valence-electron chi connectivity index (χ2n) is 4.10. The molecule has 0 aliphatic heterocycles. The van der Waals surface area contributed by atoms with Crippen LogP contribution in [0, 0.1) is 5.82 Å². The molecule has 16 heavy (non-hydrogen) atoms. The first-order valence-electron chi connectivity index (χ1n) is 5.32. The predicted octanol–water partition coefficient (Wildman–Crippen LogP) is 3.21. The highest BCUT2D eigenvalue weighted by molar-refractivity contribution is 9.10. The fourth-order valence-electron chi connectivity index (χ4n) is 1.80. The Balaban J connectivity index is 2.22. The first-order valence-corrected chi connectivity index (χ1v) is 6.11. The van der Waals surface area contributed by atoms with E-state index in [4.69, 9.17) is 0 Å². The smallest absolute Gasteiger partial charge is 0.256 e. The summed E-state index contributed by atoms with van der Waals surface area (Å²) >= 11 is 3.09. The van der Waals surface area contributed by atoms with E-state index in [2.05, 4.69) is 15.9 Å². The van der Waals surface area contributed by atoms with E-state index in [0.29, 0.717) is 4.47 Å². The number of amides is 1. The quantitative estimate of drug-likeness (QED) is 0.817. The molecule has 0 radical (unpaired) electrons. The molecule has 1 aliphatic rings.